The minimum atomic E-state index is 0.590. The van der Waals surface area contributed by atoms with E-state index in [1.165, 1.54) is 28.8 Å². The first-order valence-corrected chi connectivity index (χ1v) is 9.35. The molecule has 0 atom stereocenters. The van der Waals surface area contributed by atoms with Crippen LogP contribution in [0, 0.1) is 6.92 Å². The molecule has 0 bridgehead atoms. The summed E-state index contributed by atoms with van der Waals surface area (Å²) in [5.41, 5.74) is 2.65. The summed E-state index contributed by atoms with van der Waals surface area (Å²) in [4.78, 5) is 1.21. The van der Waals surface area contributed by atoms with Gasteiger partial charge in [0.15, 0.2) is 11.0 Å². The Morgan fingerprint density at radius 1 is 1.23 bits per heavy atom. The molecule has 1 aliphatic rings. The summed E-state index contributed by atoms with van der Waals surface area (Å²) in [5.74, 6) is 1.97. The molecule has 2 heterocycles. The molecule has 5 heteroatoms. The second kappa shape index (κ2) is 5.89. The van der Waals surface area contributed by atoms with Crippen molar-refractivity contribution in [3.8, 4) is 10.7 Å². The molecule has 0 radical (unpaired) electrons. The highest BCUT2D eigenvalue weighted by molar-refractivity contribution is 7.98. The fourth-order valence-corrected chi connectivity index (χ4v) is 4.21. The molecule has 3 aromatic rings. The van der Waals surface area contributed by atoms with Crippen LogP contribution in [0.5, 0.6) is 0 Å². The zero-order chi connectivity index (χ0) is 14.9. The summed E-state index contributed by atoms with van der Waals surface area (Å²) in [5, 5.41) is 12.1. The van der Waals surface area contributed by atoms with Crippen molar-refractivity contribution in [2.75, 3.05) is 0 Å². The first-order valence-electron chi connectivity index (χ1n) is 7.48. The molecule has 4 rings (SSSR count). The third-order valence-corrected chi connectivity index (χ3v) is 5.65. The van der Waals surface area contributed by atoms with Gasteiger partial charge in [-0.05, 0) is 36.8 Å². The Kier molecular flexibility index (Phi) is 3.76. The third kappa shape index (κ3) is 2.83. The van der Waals surface area contributed by atoms with Gasteiger partial charge in [0, 0.05) is 11.8 Å². The molecular formula is C17H17N3S2. The van der Waals surface area contributed by atoms with E-state index in [1.54, 1.807) is 23.1 Å². The number of aromatic nitrogens is 3. The zero-order valence-electron chi connectivity index (χ0n) is 12.4. The van der Waals surface area contributed by atoms with E-state index in [-0.39, 0.29) is 0 Å². The Hall–Kier alpha value is -1.59. The van der Waals surface area contributed by atoms with Crippen LogP contribution in [0.25, 0.3) is 10.7 Å². The number of aryl methyl sites for hydroxylation is 1. The van der Waals surface area contributed by atoms with E-state index in [0.29, 0.717) is 6.04 Å². The Balaban J connectivity index is 1.59. The normalized spacial score (nSPS) is 14.4. The molecule has 1 aromatic carbocycles. The summed E-state index contributed by atoms with van der Waals surface area (Å²) < 4.78 is 2.34. The van der Waals surface area contributed by atoms with Crippen LogP contribution in [-0.4, -0.2) is 14.8 Å². The molecule has 2 aromatic heterocycles. The molecule has 0 spiro atoms. The molecule has 0 unspecified atom stereocenters. The van der Waals surface area contributed by atoms with Crippen molar-refractivity contribution < 1.29 is 0 Å². The molecule has 0 amide bonds. The summed E-state index contributed by atoms with van der Waals surface area (Å²) in [6.07, 6.45) is 2.49. The molecule has 22 heavy (non-hydrogen) atoms. The lowest BCUT2D eigenvalue weighted by Crippen LogP contribution is -1.99. The lowest BCUT2D eigenvalue weighted by Gasteiger charge is -2.08. The second-order valence-electron chi connectivity index (χ2n) is 5.66. The van der Waals surface area contributed by atoms with Crippen LogP contribution < -0.4 is 0 Å². The predicted octanol–water partition coefficient (Wildman–Crippen LogP) is 4.94. The van der Waals surface area contributed by atoms with Crippen molar-refractivity contribution in [2.24, 2.45) is 0 Å². The lowest BCUT2D eigenvalue weighted by molar-refractivity contribution is 0.670. The van der Waals surface area contributed by atoms with Crippen LogP contribution in [-0.2, 0) is 5.75 Å². The highest BCUT2D eigenvalue weighted by Gasteiger charge is 2.30. The fourth-order valence-electron chi connectivity index (χ4n) is 2.56. The highest BCUT2D eigenvalue weighted by Crippen LogP contribution is 2.42. The monoisotopic (exact) mass is 327 g/mol. The molecule has 112 valence electrons. The van der Waals surface area contributed by atoms with Gasteiger partial charge in [0.1, 0.15) is 0 Å². The molecule has 1 fully saturated rings. The standard InChI is InChI=1S/C17H17N3S2/c1-12-4-2-5-13(10-12)11-22-17-19-18-16(15-6-3-9-21-15)20(17)14-7-8-14/h2-6,9-10,14H,7-8,11H2,1H3. The Morgan fingerprint density at radius 2 is 2.14 bits per heavy atom. The van der Waals surface area contributed by atoms with Crippen molar-refractivity contribution in [3.63, 3.8) is 0 Å². The van der Waals surface area contributed by atoms with Gasteiger partial charge in [-0.25, -0.2) is 0 Å². The zero-order valence-corrected chi connectivity index (χ0v) is 14.0. The highest BCUT2D eigenvalue weighted by atomic mass is 32.2. The summed E-state index contributed by atoms with van der Waals surface area (Å²) in [7, 11) is 0. The smallest absolute Gasteiger partial charge is 0.192 e. The van der Waals surface area contributed by atoms with Gasteiger partial charge in [-0.15, -0.1) is 21.5 Å². The van der Waals surface area contributed by atoms with Crippen molar-refractivity contribution in [1.29, 1.82) is 0 Å². The summed E-state index contributed by atoms with van der Waals surface area (Å²) >= 11 is 3.52. The largest absolute Gasteiger partial charge is 0.298 e. The van der Waals surface area contributed by atoms with E-state index in [4.69, 9.17) is 0 Å². The number of thiophene rings is 1. The fraction of sp³-hybridized carbons (Fsp3) is 0.294. The van der Waals surface area contributed by atoms with Crippen molar-refractivity contribution >= 4 is 23.1 Å². The third-order valence-electron chi connectivity index (χ3n) is 3.77. The molecule has 1 aliphatic carbocycles. The van der Waals surface area contributed by atoms with Crippen LogP contribution >= 0.6 is 23.1 Å². The number of hydrogen-bond acceptors (Lipinski definition) is 4. The molecular weight excluding hydrogens is 310 g/mol. The van der Waals surface area contributed by atoms with Crippen LogP contribution in [0.15, 0.2) is 46.9 Å². The Bertz CT molecular complexity index is 773. The number of thioether (sulfide) groups is 1. The van der Waals surface area contributed by atoms with Gasteiger partial charge in [0.2, 0.25) is 0 Å². The van der Waals surface area contributed by atoms with Gasteiger partial charge >= 0.3 is 0 Å². The van der Waals surface area contributed by atoms with Gasteiger partial charge in [0.25, 0.3) is 0 Å². The van der Waals surface area contributed by atoms with E-state index in [2.05, 4.69) is 63.5 Å². The van der Waals surface area contributed by atoms with E-state index < -0.39 is 0 Å². The molecule has 0 saturated heterocycles. The van der Waals surface area contributed by atoms with Gasteiger partial charge < -0.3 is 0 Å². The number of hydrogen-bond donors (Lipinski definition) is 0. The van der Waals surface area contributed by atoms with Crippen molar-refractivity contribution in [2.45, 2.75) is 36.7 Å². The van der Waals surface area contributed by atoms with Gasteiger partial charge in [-0.3, -0.25) is 4.57 Å². The SMILES string of the molecule is Cc1cccc(CSc2nnc(-c3cccs3)n2C2CC2)c1. The van der Waals surface area contributed by atoms with Gasteiger partial charge in [-0.1, -0.05) is 47.7 Å². The van der Waals surface area contributed by atoms with Crippen LogP contribution in [0.1, 0.15) is 30.0 Å². The summed E-state index contributed by atoms with van der Waals surface area (Å²) in [6, 6.07) is 13.5. The van der Waals surface area contributed by atoms with Crippen LogP contribution in [0.3, 0.4) is 0 Å². The quantitative estimate of drug-likeness (QED) is 0.622. The molecule has 0 N–H and O–H groups in total. The van der Waals surface area contributed by atoms with Crippen LogP contribution in [0.4, 0.5) is 0 Å². The molecule has 3 nitrogen and oxygen atoms in total. The van der Waals surface area contributed by atoms with E-state index in [1.807, 2.05) is 0 Å². The number of rotatable bonds is 5. The maximum absolute atomic E-state index is 4.45. The minimum Gasteiger partial charge on any atom is -0.298 e. The maximum Gasteiger partial charge on any atom is 0.192 e. The van der Waals surface area contributed by atoms with Gasteiger partial charge in [-0.2, -0.15) is 0 Å². The van der Waals surface area contributed by atoms with E-state index in [9.17, 15) is 0 Å². The van der Waals surface area contributed by atoms with Crippen molar-refractivity contribution in [3.05, 3.63) is 52.9 Å². The van der Waals surface area contributed by atoms with E-state index in [0.717, 1.165) is 16.7 Å². The number of nitrogens with zero attached hydrogens (tertiary/aromatic N) is 3. The lowest BCUT2D eigenvalue weighted by atomic mass is 10.2. The average molecular weight is 327 g/mol. The van der Waals surface area contributed by atoms with E-state index >= 15 is 0 Å². The maximum atomic E-state index is 4.45. The molecule has 0 aliphatic heterocycles. The first kappa shape index (κ1) is 14.0. The Morgan fingerprint density at radius 3 is 2.86 bits per heavy atom. The molecule has 1 saturated carbocycles. The van der Waals surface area contributed by atoms with Crippen LogP contribution in [0.2, 0.25) is 0 Å². The topological polar surface area (TPSA) is 30.7 Å². The summed E-state index contributed by atoms with van der Waals surface area (Å²) in [6.45, 7) is 2.13. The first-order chi connectivity index (χ1) is 10.8. The van der Waals surface area contributed by atoms with Gasteiger partial charge in [0.05, 0.1) is 4.88 Å². The average Bonchev–Trinajstić information content (AvgIpc) is 3.05. The Labute approximate surface area is 138 Å². The van der Waals surface area contributed by atoms with Crippen molar-refractivity contribution in [1.82, 2.24) is 14.8 Å². The minimum absolute atomic E-state index is 0.590. The predicted molar refractivity (Wildman–Crippen MR) is 92.3 cm³/mol. The number of benzene rings is 1. The second-order valence-corrected chi connectivity index (χ2v) is 7.55.